The first-order valence-corrected chi connectivity index (χ1v) is 13.3. The summed E-state index contributed by atoms with van der Waals surface area (Å²) in [7, 11) is 0. The van der Waals surface area contributed by atoms with Gasteiger partial charge in [0.15, 0.2) is 11.6 Å². The van der Waals surface area contributed by atoms with E-state index in [-0.39, 0.29) is 5.91 Å². The molecule has 1 saturated carbocycles. The summed E-state index contributed by atoms with van der Waals surface area (Å²) in [5.74, 6) is 2.89. The summed E-state index contributed by atoms with van der Waals surface area (Å²) in [6.07, 6.45) is 8.56. The predicted molar refractivity (Wildman–Crippen MR) is 136 cm³/mol. The van der Waals surface area contributed by atoms with Crippen LogP contribution in [-0.4, -0.2) is 25.9 Å². The van der Waals surface area contributed by atoms with Crippen molar-refractivity contribution >= 4 is 34.3 Å². The molecule has 0 saturated heterocycles. The molecule has 6 rings (SSSR count). The van der Waals surface area contributed by atoms with Crippen molar-refractivity contribution in [1.82, 2.24) is 14.8 Å². The standard InChI is InChI=1S/C27H28N4O2S/c32-27(28-19-9-6-8-18(16-19)26-30-29-24-14-7-15-31(24)26)25-22(17-34-20-10-2-1-3-11-20)21-12-4-5-13-23(21)33-25/h4-6,8-9,12-13,16,20H,1-3,7,10-11,14-15,17H2,(H,28,32). The number of rotatable bonds is 6. The molecular formula is C27H28N4O2S. The summed E-state index contributed by atoms with van der Waals surface area (Å²) in [5.41, 5.74) is 3.44. The molecule has 1 N–H and O–H groups in total. The van der Waals surface area contributed by atoms with Gasteiger partial charge in [-0.15, -0.1) is 10.2 Å². The summed E-state index contributed by atoms with van der Waals surface area (Å²) in [4.78, 5) is 13.4. The van der Waals surface area contributed by atoms with E-state index in [0.717, 1.165) is 64.6 Å². The molecule has 1 fully saturated rings. The molecule has 0 bridgehead atoms. The number of amides is 1. The van der Waals surface area contributed by atoms with Crippen LogP contribution < -0.4 is 5.32 Å². The van der Waals surface area contributed by atoms with Gasteiger partial charge in [-0.3, -0.25) is 4.79 Å². The zero-order valence-corrected chi connectivity index (χ0v) is 19.9. The van der Waals surface area contributed by atoms with Gasteiger partial charge in [0.25, 0.3) is 5.91 Å². The topological polar surface area (TPSA) is 73.0 Å². The number of carbonyl (C=O) groups is 1. The fraction of sp³-hybridized carbons (Fsp3) is 0.370. The lowest BCUT2D eigenvalue weighted by atomic mass is 10.0. The molecule has 1 amide bonds. The van der Waals surface area contributed by atoms with Gasteiger partial charge in [0.05, 0.1) is 0 Å². The fourth-order valence-corrected chi connectivity index (χ4v) is 6.50. The quantitative estimate of drug-likeness (QED) is 0.349. The maximum atomic E-state index is 13.4. The van der Waals surface area contributed by atoms with Gasteiger partial charge in [-0.1, -0.05) is 49.6 Å². The molecule has 0 atom stereocenters. The van der Waals surface area contributed by atoms with E-state index in [2.05, 4.69) is 26.1 Å². The molecule has 2 aromatic heterocycles. The lowest BCUT2D eigenvalue weighted by Crippen LogP contribution is -2.14. The van der Waals surface area contributed by atoms with Crippen LogP contribution in [0.4, 0.5) is 5.69 Å². The molecule has 3 heterocycles. The van der Waals surface area contributed by atoms with Crippen molar-refractivity contribution in [3.05, 3.63) is 65.7 Å². The number of anilines is 1. The van der Waals surface area contributed by atoms with Crippen molar-refractivity contribution in [1.29, 1.82) is 0 Å². The molecule has 0 unspecified atom stereocenters. The van der Waals surface area contributed by atoms with Gasteiger partial charge in [-0.25, -0.2) is 0 Å². The summed E-state index contributed by atoms with van der Waals surface area (Å²) < 4.78 is 8.25. The monoisotopic (exact) mass is 472 g/mol. The van der Waals surface area contributed by atoms with Crippen LogP contribution in [-0.2, 0) is 18.7 Å². The lowest BCUT2D eigenvalue weighted by molar-refractivity contribution is 0.0998. The number of nitrogens with one attached hydrogen (secondary N) is 1. The number of para-hydroxylation sites is 1. The van der Waals surface area contributed by atoms with E-state index in [1.807, 2.05) is 54.2 Å². The van der Waals surface area contributed by atoms with E-state index in [4.69, 9.17) is 4.42 Å². The Morgan fingerprint density at radius 1 is 1.06 bits per heavy atom. The highest BCUT2D eigenvalue weighted by molar-refractivity contribution is 7.99. The molecule has 1 aliphatic carbocycles. The number of benzene rings is 2. The largest absolute Gasteiger partial charge is 0.451 e. The van der Waals surface area contributed by atoms with Crippen LogP contribution in [0.1, 0.15) is 60.5 Å². The number of carbonyl (C=O) groups excluding carboxylic acids is 1. The molecule has 174 valence electrons. The van der Waals surface area contributed by atoms with E-state index in [1.54, 1.807) is 0 Å². The van der Waals surface area contributed by atoms with E-state index < -0.39 is 0 Å². The summed E-state index contributed by atoms with van der Waals surface area (Å²) in [6.45, 7) is 0.940. The number of aromatic nitrogens is 3. The average Bonchev–Trinajstić information content (AvgIpc) is 3.58. The number of furan rings is 1. The minimum atomic E-state index is -0.209. The van der Waals surface area contributed by atoms with Crippen molar-refractivity contribution in [2.75, 3.05) is 5.32 Å². The molecule has 2 aromatic carbocycles. The van der Waals surface area contributed by atoms with Crippen molar-refractivity contribution < 1.29 is 9.21 Å². The number of hydrogen-bond acceptors (Lipinski definition) is 5. The first-order chi connectivity index (χ1) is 16.8. The van der Waals surface area contributed by atoms with Gasteiger partial charge >= 0.3 is 0 Å². The van der Waals surface area contributed by atoms with Crippen molar-refractivity contribution in [3.8, 4) is 11.4 Å². The average molecular weight is 473 g/mol. The Morgan fingerprint density at radius 3 is 2.85 bits per heavy atom. The normalized spacial score (nSPS) is 16.1. The Bertz CT molecular complexity index is 1340. The van der Waals surface area contributed by atoms with Crippen molar-refractivity contribution in [2.24, 2.45) is 0 Å². The third kappa shape index (κ3) is 4.13. The van der Waals surface area contributed by atoms with Crippen LogP contribution >= 0.6 is 11.8 Å². The summed E-state index contributed by atoms with van der Waals surface area (Å²) >= 11 is 1.96. The van der Waals surface area contributed by atoms with Crippen LogP contribution in [0, 0.1) is 0 Å². The fourth-order valence-electron chi connectivity index (χ4n) is 5.15. The Kier molecular flexibility index (Phi) is 5.87. The van der Waals surface area contributed by atoms with Gasteiger partial charge in [0, 0.05) is 46.2 Å². The van der Waals surface area contributed by atoms with Gasteiger partial charge < -0.3 is 14.3 Å². The van der Waals surface area contributed by atoms with Gasteiger partial charge in [-0.05, 0) is 37.5 Å². The number of fused-ring (bicyclic) bond motifs is 2. The molecule has 7 heteroatoms. The van der Waals surface area contributed by atoms with Crippen molar-refractivity contribution in [3.63, 3.8) is 0 Å². The molecule has 1 aliphatic heterocycles. The van der Waals surface area contributed by atoms with E-state index in [0.29, 0.717) is 11.0 Å². The number of aryl methyl sites for hydroxylation is 1. The molecule has 4 aromatic rings. The van der Waals surface area contributed by atoms with Crippen LogP contribution in [0.2, 0.25) is 0 Å². The molecular weight excluding hydrogens is 444 g/mol. The third-order valence-corrected chi connectivity index (χ3v) is 8.31. The highest BCUT2D eigenvalue weighted by atomic mass is 32.2. The van der Waals surface area contributed by atoms with Gasteiger partial charge in [0.2, 0.25) is 0 Å². The summed E-state index contributed by atoms with van der Waals surface area (Å²) in [6, 6.07) is 15.8. The molecule has 34 heavy (non-hydrogen) atoms. The highest BCUT2D eigenvalue weighted by Gasteiger charge is 2.23. The maximum Gasteiger partial charge on any atom is 0.291 e. The van der Waals surface area contributed by atoms with Gasteiger partial charge in [0.1, 0.15) is 11.4 Å². The first-order valence-electron chi connectivity index (χ1n) is 12.2. The molecule has 2 aliphatic rings. The molecule has 0 spiro atoms. The SMILES string of the molecule is O=C(Nc1cccc(-c2nnc3n2CCC3)c1)c1oc2ccccc2c1CSC1CCCCC1. The van der Waals surface area contributed by atoms with E-state index in [9.17, 15) is 4.79 Å². The van der Waals surface area contributed by atoms with Crippen LogP contribution in [0.25, 0.3) is 22.4 Å². The van der Waals surface area contributed by atoms with Crippen LogP contribution in [0.5, 0.6) is 0 Å². The minimum absolute atomic E-state index is 0.209. The second-order valence-electron chi connectivity index (χ2n) is 9.21. The zero-order valence-electron chi connectivity index (χ0n) is 19.1. The molecule has 6 nitrogen and oxygen atoms in total. The number of nitrogens with zero attached hydrogens (tertiary/aromatic N) is 3. The first kappa shape index (κ1) is 21.5. The molecule has 0 radical (unpaired) electrons. The number of thioether (sulfide) groups is 1. The minimum Gasteiger partial charge on any atom is -0.451 e. The predicted octanol–water partition coefficient (Wildman–Crippen LogP) is 6.46. The Labute approximate surface area is 203 Å². The van der Waals surface area contributed by atoms with Gasteiger partial charge in [-0.2, -0.15) is 11.8 Å². The van der Waals surface area contributed by atoms with Crippen LogP contribution in [0.15, 0.2) is 52.9 Å². The van der Waals surface area contributed by atoms with E-state index >= 15 is 0 Å². The number of hydrogen-bond donors (Lipinski definition) is 1. The van der Waals surface area contributed by atoms with Crippen LogP contribution in [0.3, 0.4) is 0 Å². The highest BCUT2D eigenvalue weighted by Crippen LogP contribution is 2.35. The Hall–Kier alpha value is -3.06. The van der Waals surface area contributed by atoms with Crippen molar-refractivity contribution in [2.45, 2.75) is 62.5 Å². The lowest BCUT2D eigenvalue weighted by Gasteiger charge is -2.20. The smallest absolute Gasteiger partial charge is 0.291 e. The second kappa shape index (κ2) is 9.29. The summed E-state index contributed by atoms with van der Waals surface area (Å²) in [5, 5.41) is 13.5. The Morgan fingerprint density at radius 2 is 1.94 bits per heavy atom. The zero-order chi connectivity index (χ0) is 22.9. The van der Waals surface area contributed by atoms with E-state index in [1.165, 1.54) is 32.1 Å². The second-order valence-corrected chi connectivity index (χ2v) is 10.5. The third-order valence-electron chi connectivity index (χ3n) is 6.91. The Balaban J connectivity index is 1.26. The maximum absolute atomic E-state index is 13.4.